The molecule has 6 nitrogen and oxygen atoms in total. The lowest BCUT2D eigenvalue weighted by Gasteiger charge is -2.48. The van der Waals surface area contributed by atoms with Crippen LogP contribution in [0.5, 0.6) is 0 Å². The normalized spacial score (nSPS) is 50.5. The summed E-state index contributed by atoms with van der Waals surface area (Å²) in [7, 11) is 0. The fourth-order valence-corrected chi connectivity index (χ4v) is 6.98. The van der Waals surface area contributed by atoms with Gasteiger partial charge in [-0.2, -0.15) is 0 Å². The van der Waals surface area contributed by atoms with Crippen LogP contribution in [-0.2, 0) is 0 Å². The van der Waals surface area contributed by atoms with Gasteiger partial charge in [0.15, 0.2) is 0 Å². The van der Waals surface area contributed by atoms with Gasteiger partial charge < -0.3 is 10.4 Å². The molecule has 1 saturated heterocycles. The maximum atomic E-state index is 9.55. The van der Waals surface area contributed by atoms with Crippen molar-refractivity contribution in [2.45, 2.75) is 63.6 Å². The fraction of sp³-hybridized carbons (Fsp3) is 0.895. The van der Waals surface area contributed by atoms with Crippen LogP contribution in [0.3, 0.4) is 0 Å². The first-order chi connectivity index (χ1) is 12.2. The number of oxime groups is 2. The first kappa shape index (κ1) is 16.1. The lowest BCUT2D eigenvalue weighted by atomic mass is 9.88. The zero-order chi connectivity index (χ0) is 17.1. The van der Waals surface area contributed by atoms with E-state index in [0.29, 0.717) is 41.8 Å². The van der Waals surface area contributed by atoms with Gasteiger partial charge in [-0.3, -0.25) is 9.80 Å². The Morgan fingerprint density at radius 2 is 1.44 bits per heavy atom. The lowest BCUT2D eigenvalue weighted by Crippen LogP contribution is -2.61. The van der Waals surface area contributed by atoms with Crippen LogP contribution in [-0.4, -0.2) is 69.4 Å². The summed E-state index contributed by atoms with van der Waals surface area (Å²) in [5.41, 5.74) is 2.10. The molecule has 7 atom stereocenters. The molecular formula is C19H30N4O2. The average molecular weight is 346 g/mol. The second-order valence-electron chi connectivity index (χ2n) is 9.06. The molecule has 25 heavy (non-hydrogen) atoms. The molecule has 0 spiro atoms. The highest BCUT2D eigenvalue weighted by atomic mass is 16.4. The van der Waals surface area contributed by atoms with Crippen molar-refractivity contribution in [2.75, 3.05) is 19.6 Å². The molecule has 138 valence electrons. The van der Waals surface area contributed by atoms with Gasteiger partial charge in [0, 0.05) is 37.5 Å². The van der Waals surface area contributed by atoms with Crippen molar-refractivity contribution in [1.29, 1.82) is 0 Å². The van der Waals surface area contributed by atoms with Crippen molar-refractivity contribution < 1.29 is 10.4 Å². The topological polar surface area (TPSA) is 71.7 Å². The molecule has 1 aliphatic heterocycles. The minimum absolute atomic E-state index is 0.354. The molecule has 5 aliphatic rings. The first-order valence-corrected chi connectivity index (χ1v) is 10.1. The predicted molar refractivity (Wildman–Crippen MR) is 95.4 cm³/mol. The summed E-state index contributed by atoms with van der Waals surface area (Å²) in [4.78, 5) is 5.17. The monoisotopic (exact) mass is 346 g/mol. The summed E-state index contributed by atoms with van der Waals surface area (Å²) in [5, 5.41) is 26.5. The van der Waals surface area contributed by atoms with Gasteiger partial charge in [-0.25, -0.2) is 0 Å². The first-order valence-electron chi connectivity index (χ1n) is 10.1. The van der Waals surface area contributed by atoms with Crippen LogP contribution >= 0.6 is 0 Å². The smallest absolute Gasteiger partial charge is 0.0775 e. The Balaban J connectivity index is 1.31. The van der Waals surface area contributed by atoms with Gasteiger partial charge >= 0.3 is 0 Å². The third-order valence-electron chi connectivity index (χ3n) is 7.97. The van der Waals surface area contributed by atoms with Crippen molar-refractivity contribution in [3.63, 3.8) is 0 Å². The predicted octanol–water partition coefficient (Wildman–Crippen LogP) is 2.25. The Kier molecular flexibility index (Phi) is 3.82. The molecule has 0 aromatic heterocycles. The third-order valence-corrected chi connectivity index (χ3v) is 7.97. The Bertz CT molecular complexity index is 606. The van der Waals surface area contributed by atoms with Gasteiger partial charge in [0.25, 0.3) is 0 Å². The van der Waals surface area contributed by atoms with E-state index in [2.05, 4.69) is 27.0 Å². The SMILES string of the molecule is C[C@@H]1CN([C@@H]2/C(=N\O)[C@H]3CC[C@H]2C3)CCN1[C@H]1/C(=N\O)[C@H]2CC[C@H]1C2. The highest BCUT2D eigenvalue weighted by Crippen LogP contribution is 2.47. The van der Waals surface area contributed by atoms with Gasteiger partial charge in [0.05, 0.1) is 23.5 Å². The van der Waals surface area contributed by atoms with Crippen LogP contribution in [0.2, 0.25) is 0 Å². The summed E-state index contributed by atoms with van der Waals surface area (Å²) < 4.78 is 0. The molecule has 0 amide bonds. The van der Waals surface area contributed by atoms with Crippen LogP contribution in [0, 0.1) is 23.7 Å². The summed E-state index contributed by atoms with van der Waals surface area (Å²) in [6.45, 7) is 5.40. The molecule has 4 bridgehead atoms. The van der Waals surface area contributed by atoms with Crippen molar-refractivity contribution in [3.8, 4) is 0 Å². The van der Waals surface area contributed by atoms with Crippen LogP contribution in [0.4, 0.5) is 0 Å². The zero-order valence-electron chi connectivity index (χ0n) is 15.1. The van der Waals surface area contributed by atoms with Gasteiger partial charge in [-0.1, -0.05) is 10.3 Å². The van der Waals surface area contributed by atoms with Crippen molar-refractivity contribution in [3.05, 3.63) is 0 Å². The molecule has 5 fully saturated rings. The molecule has 1 heterocycles. The molecule has 6 heteroatoms. The summed E-state index contributed by atoms with van der Waals surface area (Å²) in [6.07, 6.45) is 7.41. The Morgan fingerprint density at radius 1 is 0.840 bits per heavy atom. The van der Waals surface area contributed by atoms with Gasteiger partial charge in [0.1, 0.15) is 0 Å². The minimum Gasteiger partial charge on any atom is -0.411 e. The van der Waals surface area contributed by atoms with E-state index in [-0.39, 0.29) is 0 Å². The number of fused-ring (bicyclic) bond motifs is 4. The molecule has 4 aliphatic carbocycles. The number of nitrogens with zero attached hydrogens (tertiary/aromatic N) is 4. The lowest BCUT2D eigenvalue weighted by molar-refractivity contribution is 0.0344. The molecule has 0 aromatic carbocycles. The van der Waals surface area contributed by atoms with E-state index in [1.165, 1.54) is 38.5 Å². The molecule has 0 radical (unpaired) electrons. The maximum Gasteiger partial charge on any atom is 0.0775 e. The average Bonchev–Trinajstić information content (AvgIpc) is 3.39. The molecular weight excluding hydrogens is 316 g/mol. The van der Waals surface area contributed by atoms with E-state index >= 15 is 0 Å². The maximum absolute atomic E-state index is 9.55. The van der Waals surface area contributed by atoms with Gasteiger partial charge in [-0.15, -0.1) is 0 Å². The summed E-state index contributed by atoms with van der Waals surface area (Å²) in [5.74, 6) is 2.41. The molecule has 0 aromatic rings. The van der Waals surface area contributed by atoms with Crippen LogP contribution in [0.25, 0.3) is 0 Å². The van der Waals surface area contributed by atoms with Crippen LogP contribution < -0.4 is 0 Å². The number of hydrogen-bond acceptors (Lipinski definition) is 6. The molecule has 0 unspecified atom stereocenters. The van der Waals surface area contributed by atoms with Gasteiger partial charge in [-0.05, 0) is 57.3 Å². The molecule has 2 N–H and O–H groups in total. The largest absolute Gasteiger partial charge is 0.411 e. The number of hydrogen-bond donors (Lipinski definition) is 2. The Labute approximate surface area is 149 Å². The van der Waals surface area contributed by atoms with E-state index in [0.717, 1.165) is 31.1 Å². The second kappa shape index (κ2) is 5.95. The van der Waals surface area contributed by atoms with Crippen molar-refractivity contribution >= 4 is 11.4 Å². The molecule has 5 rings (SSSR count). The second-order valence-corrected chi connectivity index (χ2v) is 9.06. The van der Waals surface area contributed by atoms with Gasteiger partial charge in [0.2, 0.25) is 0 Å². The zero-order valence-corrected chi connectivity index (χ0v) is 15.1. The Morgan fingerprint density at radius 3 is 2.04 bits per heavy atom. The Hall–Kier alpha value is -1.14. The van der Waals surface area contributed by atoms with Crippen LogP contribution in [0.15, 0.2) is 10.3 Å². The highest BCUT2D eigenvalue weighted by Gasteiger charge is 2.52. The van der Waals surface area contributed by atoms with Crippen LogP contribution in [0.1, 0.15) is 45.4 Å². The highest BCUT2D eigenvalue weighted by molar-refractivity contribution is 5.95. The van der Waals surface area contributed by atoms with Crippen molar-refractivity contribution in [2.24, 2.45) is 34.0 Å². The van der Waals surface area contributed by atoms with Crippen molar-refractivity contribution in [1.82, 2.24) is 9.80 Å². The summed E-state index contributed by atoms with van der Waals surface area (Å²) >= 11 is 0. The minimum atomic E-state index is 0.354. The van der Waals surface area contributed by atoms with E-state index < -0.39 is 0 Å². The third kappa shape index (κ3) is 2.29. The fourth-order valence-electron chi connectivity index (χ4n) is 6.98. The standard InChI is InChI=1S/C19H30N4O2/c1-11-10-22(18-14-4-2-12(8-14)16(18)20-24)6-7-23(11)19-15-5-3-13(9-15)17(19)21-25/h11-15,18-19,24-25H,2-10H2,1H3/b20-16-,21-17-/t11-,12+,13+,14+,15+,18+,19-/m1/s1. The van der Waals surface area contributed by atoms with E-state index in [1.807, 2.05) is 0 Å². The quantitative estimate of drug-likeness (QED) is 0.594. The molecule has 4 saturated carbocycles. The van der Waals surface area contributed by atoms with E-state index in [9.17, 15) is 10.4 Å². The van der Waals surface area contributed by atoms with E-state index in [4.69, 9.17) is 0 Å². The number of rotatable bonds is 2. The number of piperazine rings is 1. The summed E-state index contributed by atoms with van der Waals surface area (Å²) in [6, 6.07) is 1.17. The van der Waals surface area contributed by atoms with E-state index in [1.54, 1.807) is 0 Å².